The number of carboxylic acids is 1. The van der Waals surface area contributed by atoms with Gasteiger partial charge in [-0.3, -0.25) is 9.59 Å². The van der Waals surface area contributed by atoms with Gasteiger partial charge in [0.1, 0.15) is 5.15 Å². The fourth-order valence-electron chi connectivity index (χ4n) is 1.99. The molecule has 0 spiro atoms. The van der Waals surface area contributed by atoms with Crippen molar-refractivity contribution in [2.75, 3.05) is 6.54 Å². The quantitative estimate of drug-likeness (QED) is 0.791. The van der Waals surface area contributed by atoms with Crippen LogP contribution in [0.3, 0.4) is 0 Å². The zero-order valence-electron chi connectivity index (χ0n) is 11.9. The van der Waals surface area contributed by atoms with Crippen molar-refractivity contribution >= 4 is 23.5 Å². The number of hydrogen-bond donors (Lipinski definition) is 2. The highest BCUT2D eigenvalue weighted by Crippen LogP contribution is 2.25. The zero-order valence-corrected chi connectivity index (χ0v) is 12.6. The summed E-state index contributed by atoms with van der Waals surface area (Å²) < 4.78 is 0. The highest BCUT2D eigenvalue weighted by Gasteiger charge is 2.35. The highest BCUT2D eigenvalue weighted by molar-refractivity contribution is 6.29. The molecule has 1 amide bonds. The van der Waals surface area contributed by atoms with Crippen molar-refractivity contribution in [3.63, 3.8) is 0 Å². The maximum absolute atomic E-state index is 12.1. The Labute approximate surface area is 123 Å². The standard InChI is InChI=1S/C14H19ClN2O3/c1-4-14(5-2,13(19)20)8-16-12(18)10-6-9(3)17-11(15)7-10/h6-7H,4-5,8H2,1-3H3,(H,16,18)(H,19,20). The van der Waals surface area contributed by atoms with E-state index in [1.807, 2.05) is 0 Å². The SMILES string of the molecule is CCC(CC)(CNC(=O)c1cc(C)nc(Cl)c1)C(=O)O. The average molecular weight is 299 g/mol. The molecule has 0 radical (unpaired) electrons. The fraction of sp³-hybridized carbons (Fsp3) is 0.500. The van der Waals surface area contributed by atoms with Gasteiger partial charge in [0.2, 0.25) is 0 Å². The van der Waals surface area contributed by atoms with Crippen LogP contribution in [0.5, 0.6) is 0 Å². The molecule has 1 rings (SSSR count). The van der Waals surface area contributed by atoms with Crippen LogP contribution in [0.25, 0.3) is 0 Å². The van der Waals surface area contributed by atoms with E-state index in [2.05, 4.69) is 10.3 Å². The predicted molar refractivity (Wildman–Crippen MR) is 77.0 cm³/mol. The number of aromatic nitrogens is 1. The second-order valence-electron chi connectivity index (χ2n) is 4.80. The summed E-state index contributed by atoms with van der Waals surface area (Å²) in [5.74, 6) is -1.24. The van der Waals surface area contributed by atoms with Crippen LogP contribution in [-0.4, -0.2) is 28.5 Å². The van der Waals surface area contributed by atoms with Gasteiger partial charge >= 0.3 is 5.97 Å². The van der Waals surface area contributed by atoms with Gasteiger partial charge < -0.3 is 10.4 Å². The number of amides is 1. The first-order chi connectivity index (χ1) is 9.34. The minimum Gasteiger partial charge on any atom is -0.481 e. The van der Waals surface area contributed by atoms with E-state index in [9.17, 15) is 14.7 Å². The van der Waals surface area contributed by atoms with Gasteiger partial charge in [0.25, 0.3) is 5.91 Å². The lowest BCUT2D eigenvalue weighted by atomic mass is 9.82. The van der Waals surface area contributed by atoms with Crippen molar-refractivity contribution < 1.29 is 14.7 Å². The van der Waals surface area contributed by atoms with Crippen molar-refractivity contribution in [3.8, 4) is 0 Å². The number of nitrogens with zero attached hydrogens (tertiary/aromatic N) is 1. The molecule has 6 heteroatoms. The zero-order chi connectivity index (χ0) is 15.3. The second-order valence-corrected chi connectivity index (χ2v) is 5.18. The third-order valence-corrected chi connectivity index (χ3v) is 3.77. The smallest absolute Gasteiger partial charge is 0.311 e. The van der Waals surface area contributed by atoms with Crippen LogP contribution in [0.4, 0.5) is 0 Å². The van der Waals surface area contributed by atoms with E-state index in [0.717, 1.165) is 0 Å². The minimum atomic E-state index is -0.929. The Kier molecular flexibility index (Phi) is 5.51. The Morgan fingerprint density at radius 2 is 1.95 bits per heavy atom. The summed E-state index contributed by atoms with van der Waals surface area (Å²) >= 11 is 5.80. The molecule has 0 aliphatic heterocycles. The van der Waals surface area contributed by atoms with Crippen molar-refractivity contribution in [1.29, 1.82) is 0 Å². The molecule has 1 aromatic rings. The summed E-state index contributed by atoms with van der Waals surface area (Å²) in [6.07, 6.45) is 0.907. The van der Waals surface area contributed by atoms with Crippen LogP contribution >= 0.6 is 11.6 Å². The van der Waals surface area contributed by atoms with Crippen molar-refractivity contribution in [3.05, 3.63) is 28.5 Å². The third kappa shape index (κ3) is 3.70. The van der Waals surface area contributed by atoms with Crippen molar-refractivity contribution in [2.45, 2.75) is 33.6 Å². The summed E-state index contributed by atoms with van der Waals surface area (Å²) in [4.78, 5) is 27.4. The Bertz CT molecular complexity index is 493. The van der Waals surface area contributed by atoms with Crippen LogP contribution in [-0.2, 0) is 4.79 Å². The lowest BCUT2D eigenvalue weighted by Crippen LogP contribution is -2.42. The maximum Gasteiger partial charge on any atom is 0.311 e. The highest BCUT2D eigenvalue weighted by atomic mass is 35.5. The number of halogens is 1. The lowest BCUT2D eigenvalue weighted by Gasteiger charge is -2.26. The van der Waals surface area contributed by atoms with Gasteiger partial charge in [0, 0.05) is 17.8 Å². The number of hydrogen-bond acceptors (Lipinski definition) is 3. The van der Waals surface area contributed by atoms with Crippen LogP contribution in [0.1, 0.15) is 42.7 Å². The molecule has 1 aromatic heterocycles. The number of aryl methyl sites for hydroxylation is 1. The normalized spacial score (nSPS) is 11.2. The monoisotopic (exact) mass is 298 g/mol. The molecular formula is C14H19ClN2O3. The molecule has 0 aliphatic carbocycles. The van der Waals surface area contributed by atoms with Crippen LogP contribution in [0.2, 0.25) is 5.15 Å². The van der Waals surface area contributed by atoms with E-state index in [1.54, 1.807) is 26.8 Å². The third-order valence-electron chi connectivity index (χ3n) is 3.58. The van der Waals surface area contributed by atoms with E-state index in [-0.39, 0.29) is 17.6 Å². The van der Waals surface area contributed by atoms with Crippen LogP contribution < -0.4 is 5.32 Å². The maximum atomic E-state index is 12.1. The first kappa shape index (κ1) is 16.4. The molecule has 1 heterocycles. The second kappa shape index (κ2) is 6.70. The molecule has 0 atom stereocenters. The lowest BCUT2D eigenvalue weighted by molar-refractivity contribution is -0.149. The number of rotatable bonds is 6. The molecule has 0 bridgehead atoms. The fourth-order valence-corrected chi connectivity index (χ4v) is 2.24. The number of carbonyl (C=O) groups is 2. The molecule has 0 saturated carbocycles. The summed E-state index contributed by atoms with van der Waals surface area (Å²) in [6.45, 7) is 5.43. The molecule has 5 nitrogen and oxygen atoms in total. The first-order valence-corrected chi connectivity index (χ1v) is 6.88. The van der Waals surface area contributed by atoms with Crippen molar-refractivity contribution in [1.82, 2.24) is 10.3 Å². The molecule has 20 heavy (non-hydrogen) atoms. The van der Waals surface area contributed by atoms with Gasteiger partial charge in [-0.25, -0.2) is 4.98 Å². The van der Waals surface area contributed by atoms with Gasteiger partial charge in [0.05, 0.1) is 5.41 Å². The Balaban J connectivity index is 2.83. The Morgan fingerprint density at radius 1 is 1.35 bits per heavy atom. The molecule has 2 N–H and O–H groups in total. The number of aliphatic carboxylic acids is 1. The van der Waals surface area contributed by atoms with E-state index >= 15 is 0 Å². The molecule has 0 aliphatic rings. The molecule has 110 valence electrons. The van der Waals surface area contributed by atoms with Gasteiger partial charge in [-0.05, 0) is 31.9 Å². The average Bonchev–Trinajstić information content (AvgIpc) is 2.38. The summed E-state index contributed by atoms with van der Waals surface area (Å²) in [5, 5.41) is 12.2. The first-order valence-electron chi connectivity index (χ1n) is 6.50. The summed E-state index contributed by atoms with van der Waals surface area (Å²) in [7, 11) is 0. The van der Waals surface area contributed by atoms with E-state index < -0.39 is 11.4 Å². The van der Waals surface area contributed by atoms with Gasteiger partial charge in [-0.1, -0.05) is 25.4 Å². The van der Waals surface area contributed by atoms with Gasteiger partial charge in [-0.15, -0.1) is 0 Å². The molecule has 0 unspecified atom stereocenters. The number of pyridine rings is 1. The van der Waals surface area contributed by atoms with E-state index in [0.29, 0.717) is 24.1 Å². The number of carbonyl (C=O) groups excluding carboxylic acids is 1. The van der Waals surface area contributed by atoms with Crippen LogP contribution in [0, 0.1) is 12.3 Å². The molecular weight excluding hydrogens is 280 g/mol. The van der Waals surface area contributed by atoms with Crippen LogP contribution in [0.15, 0.2) is 12.1 Å². The Hall–Kier alpha value is -1.62. The van der Waals surface area contributed by atoms with E-state index in [4.69, 9.17) is 11.6 Å². The molecule has 0 aromatic carbocycles. The van der Waals surface area contributed by atoms with Crippen molar-refractivity contribution in [2.24, 2.45) is 5.41 Å². The van der Waals surface area contributed by atoms with Gasteiger partial charge in [0.15, 0.2) is 0 Å². The summed E-state index contributed by atoms with van der Waals surface area (Å²) in [5.41, 5.74) is 0.0914. The number of carboxylic acid groups (broad SMARTS) is 1. The number of nitrogens with one attached hydrogen (secondary N) is 1. The van der Waals surface area contributed by atoms with Gasteiger partial charge in [-0.2, -0.15) is 0 Å². The minimum absolute atomic E-state index is 0.0904. The molecule has 0 saturated heterocycles. The summed E-state index contributed by atoms with van der Waals surface area (Å²) in [6, 6.07) is 3.08. The van der Waals surface area contributed by atoms with E-state index in [1.165, 1.54) is 6.07 Å². The topological polar surface area (TPSA) is 79.3 Å². The Morgan fingerprint density at radius 3 is 2.40 bits per heavy atom. The predicted octanol–water partition coefficient (Wildman–Crippen LogP) is 2.66. The largest absolute Gasteiger partial charge is 0.481 e. The molecule has 0 fully saturated rings.